The topological polar surface area (TPSA) is 33.6 Å². The highest BCUT2D eigenvalue weighted by atomic mass is 32.2. The summed E-state index contributed by atoms with van der Waals surface area (Å²) in [5.74, 6) is 1.09. The van der Waals surface area contributed by atoms with Crippen molar-refractivity contribution < 1.29 is 4.74 Å². The molecule has 0 bridgehead atoms. The van der Waals surface area contributed by atoms with Crippen molar-refractivity contribution >= 4 is 22.6 Å². The van der Waals surface area contributed by atoms with Gasteiger partial charge in [-0.2, -0.15) is 0 Å². The fourth-order valence-corrected chi connectivity index (χ4v) is 3.66. The van der Waals surface area contributed by atoms with Gasteiger partial charge in [0.1, 0.15) is 0 Å². The minimum atomic E-state index is 0.133. The van der Waals surface area contributed by atoms with Crippen molar-refractivity contribution in [3.63, 3.8) is 0 Å². The van der Waals surface area contributed by atoms with E-state index in [4.69, 9.17) is 9.73 Å². The molecule has 0 atom stereocenters. The highest BCUT2D eigenvalue weighted by Crippen LogP contribution is 2.34. The van der Waals surface area contributed by atoms with Gasteiger partial charge in [0.2, 0.25) is 0 Å². The van der Waals surface area contributed by atoms with Crippen LogP contribution in [-0.4, -0.2) is 30.2 Å². The third kappa shape index (κ3) is 3.55. The Morgan fingerprint density at radius 2 is 2.05 bits per heavy atom. The lowest BCUT2D eigenvalue weighted by atomic mass is 9.97. The molecule has 0 spiro atoms. The van der Waals surface area contributed by atoms with Crippen LogP contribution in [0.15, 0.2) is 29.3 Å². The van der Waals surface area contributed by atoms with Gasteiger partial charge in [0.05, 0.1) is 12.1 Å². The molecule has 0 amide bonds. The first kappa shape index (κ1) is 15.4. The fraction of sp³-hybridized carbons (Fsp3) is 0.562. The number of amidine groups is 1. The third-order valence-corrected chi connectivity index (χ3v) is 5.12. The summed E-state index contributed by atoms with van der Waals surface area (Å²) in [7, 11) is 1.74. The molecule has 1 aromatic rings. The zero-order valence-electron chi connectivity index (χ0n) is 12.6. The monoisotopic (exact) mass is 292 g/mol. The van der Waals surface area contributed by atoms with Gasteiger partial charge in [-0.05, 0) is 30.9 Å². The van der Waals surface area contributed by atoms with Crippen molar-refractivity contribution in [2.24, 2.45) is 4.99 Å². The molecule has 0 saturated carbocycles. The zero-order chi connectivity index (χ0) is 14.4. The number of para-hydroxylation sites is 1. The summed E-state index contributed by atoms with van der Waals surface area (Å²) < 4.78 is 5.18. The number of methoxy groups -OCH3 is 1. The van der Waals surface area contributed by atoms with E-state index in [2.05, 4.69) is 43.4 Å². The molecule has 0 aromatic heterocycles. The Labute approximate surface area is 126 Å². The average molecular weight is 292 g/mol. The molecule has 20 heavy (non-hydrogen) atoms. The number of nitrogens with zero attached hydrogens (tertiary/aromatic N) is 1. The number of hydrogen-bond acceptors (Lipinski definition) is 4. The maximum absolute atomic E-state index is 5.18. The molecular weight excluding hydrogens is 268 g/mol. The molecule has 0 fully saturated rings. The third-order valence-electron chi connectivity index (χ3n) is 3.97. The van der Waals surface area contributed by atoms with Crippen LogP contribution in [0.5, 0.6) is 0 Å². The predicted octanol–water partition coefficient (Wildman–Crippen LogP) is 3.95. The number of ether oxygens (including phenoxy) is 1. The number of anilines is 1. The van der Waals surface area contributed by atoms with Gasteiger partial charge in [-0.3, -0.25) is 4.99 Å². The van der Waals surface area contributed by atoms with E-state index >= 15 is 0 Å². The van der Waals surface area contributed by atoms with E-state index < -0.39 is 0 Å². The lowest BCUT2D eigenvalue weighted by Crippen LogP contribution is -2.24. The lowest BCUT2D eigenvalue weighted by molar-refractivity contribution is 0.202. The number of rotatable bonds is 6. The van der Waals surface area contributed by atoms with Crippen LogP contribution in [0, 0.1) is 0 Å². The van der Waals surface area contributed by atoms with Crippen LogP contribution in [0.4, 0.5) is 5.69 Å². The van der Waals surface area contributed by atoms with Crippen molar-refractivity contribution in [3.05, 3.63) is 29.8 Å². The highest BCUT2D eigenvalue weighted by Gasteiger charge is 2.32. The molecule has 0 unspecified atom stereocenters. The Kier molecular flexibility index (Phi) is 5.49. The zero-order valence-corrected chi connectivity index (χ0v) is 13.4. The van der Waals surface area contributed by atoms with E-state index in [9.17, 15) is 0 Å². The van der Waals surface area contributed by atoms with Crippen LogP contribution in [0.25, 0.3) is 0 Å². The van der Waals surface area contributed by atoms with Crippen molar-refractivity contribution in [1.29, 1.82) is 0 Å². The van der Waals surface area contributed by atoms with Crippen LogP contribution < -0.4 is 5.32 Å². The Bertz CT molecular complexity index is 469. The van der Waals surface area contributed by atoms with Gasteiger partial charge in [-0.1, -0.05) is 43.8 Å². The van der Waals surface area contributed by atoms with Gasteiger partial charge in [0.15, 0.2) is 5.17 Å². The molecule has 1 N–H and O–H groups in total. The molecule has 2 rings (SSSR count). The standard InChI is InChI=1S/C16H24N2OS/c1-4-16(5-2)12-20-15(18-16)17-14-9-7-6-8-13(14)10-11-19-3/h6-9H,4-5,10-12H2,1-3H3,(H,17,18). The van der Waals surface area contributed by atoms with Crippen LogP contribution in [0.1, 0.15) is 32.3 Å². The summed E-state index contributed by atoms with van der Waals surface area (Å²) in [5, 5.41) is 4.55. The maximum Gasteiger partial charge on any atom is 0.161 e. The molecule has 1 aliphatic heterocycles. The van der Waals surface area contributed by atoms with E-state index in [1.807, 2.05) is 11.8 Å². The molecule has 1 aliphatic rings. The lowest BCUT2D eigenvalue weighted by Gasteiger charge is -2.20. The Balaban J connectivity index is 2.11. The van der Waals surface area contributed by atoms with Crippen LogP contribution in [0.2, 0.25) is 0 Å². The second-order valence-corrected chi connectivity index (χ2v) is 6.13. The van der Waals surface area contributed by atoms with Crippen molar-refractivity contribution in [3.8, 4) is 0 Å². The van der Waals surface area contributed by atoms with Crippen LogP contribution >= 0.6 is 11.8 Å². The van der Waals surface area contributed by atoms with Gasteiger partial charge in [0, 0.05) is 18.6 Å². The van der Waals surface area contributed by atoms with E-state index in [-0.39, 0.29) is 5.54 Å². The van der Waals surface area contributed by atoms with E-state index in [1.54, 1.807) is 7.11 Å². The smallest absolute Gasteiger partial charge is 0.161 e. The first-order chi connectivity index (χ1) is 9.73. The van der Waals surface area contributed by atoms with Crippen LogP contribution in [-0.2, 0) is 11.2 Å². The van der Waals surface area contributed by atoms with E-state index in [0.717, 1.165) is 42.5 Å². The van der Waals surface area contributed by atoms with Crippen molar-refractivity contribution in [2.75, 3.05) is 24.8 Å². The summed E-state index contributed by atoms with van der Waals surface area (Å²) in [6, 6.07) is 8.40. The van der Waals surface area contributed by atoms with Gasteiger partial charge >= 0.3 is 0 Å². The van der Waals surface area contributed by atoms with Gasteiger partial charge < -0.3 is 10.1 Å². The van der Waals surface area contributed by atoms with Crippen LogP contribution in [0.3, 0.4) is 0 Å². The van der Waals surface area contributed by atoms with E-state index in [0.29, 0.717) is 0 Å². The quantitative estimate of drug-likeness (QED) is 0.862. The highest BCUT2D eigenvalue weighted by molar-refractivity contribution is 8.14. The molecular formula is C16H24N2OS. The normalized spacial score (nSPS) is 17.1. The molecule has 0 aliphatic carbocycles. The second kappa shape index (κ2) is 7.14. The second-order valence-electron chi connectivity index (χ2n) is 5.16. The Hall–Kier alpha value is -1.00. The van der Waals surface area contributed by atoms with Crippen molar-refractivity contribution in [1.82, 2.24) is 0 Å². The predicted molar refractivity (Wildman–Crippen MR) is 88.9 cm³/mol. The average Bonchev–Trinajstić information content (AvgIpc) is 2.90. The molecule has 1 heterocycles. The summed E-state index contributed by atoms with van der Waals surface area (Å²) in [4.78, 5) is 4.91. The Morgan fingerprint density at radius 3 is 2.70 bits per heavy atom. The Morgan fingerprint density at radius 1 is 1.30 bits per heavy atom. The first-order valence-corrected chi connectivity index (χ1v) is 8.28. The maximum atomic E-state index is 5.18. The summed E-state index contributed by atoms with van der Waals surface area (Å²) in [6.45, 7) is 5.19. The number of hydrogen-bond donors (Lipinski definition) is 1. The molecule has 0 saturated heterocycles. The fourth-order valence-electron chi connectivity index (χ4n) is 2.35. The number of benzene rings is 1. The molecule has 110 valence electrons. The molecule has 1 aromatic carbocycles. The summed E-state index contributed by atoms with van der Waals surface area (Å²) >= 11 is 1.83. The van der Waals surface area contributed by atoms with E-state index in [1.165, 1.54) is 5.56 Å². The SMILES string of the molecule is CCC1(CC)CSC(Nc2ccccc2CCOC)=N1. The van der Waals surface area contributed by atoms with Gasteiger partial charge in [0.25, 0.3) is 0 Å². The number of aliphatic imine (C=N–C) groups is 1. The molecule has 0 radical (unpaired) electrons. The van der Waals surface area contributed by atoms with Gasteiger partial charge in [-0.25, -0.2) is 0 Å². The molecule has 3 nitrogen and oxygen atoms in total. The number of thioether (sulfide) groups is 1. The first-order valence-electron chi connectivity index (χ1n) is 7.29. The largest absolute Gasteiger partial charge is 0.384 e. The summed E-state index contributed by atoms with van der Waals surface area (Å²) in [5.41, 5.74) is 2.57. The van der Waals surface area contributed by atoms with Crippen molar-refractivity contribution in [2.45, 2.75) is 38.6 Å². The van der Waals surface area contributed by atoms with Gasteiger partial charge in [-0.15, -0.1) is 0 Å². The number of nitrogens with one attached hydrogen (secondary N) is 1. The minimum absolute atomic E-state index is 0.133. The minimum Gasteiger partial charge on any atom is -0.384 e. The summed E-state index contributed by atoms with van der Waals surface area (Å²) in [6.07, 6.45) is 3.13. The molecule has 4 heteroatoms.